The van der Waals surface area contributed by atoms with Gasteiger partial charge in [-0.05, 0) is 36.4 Å². The molecule has 21 heavy (non-hydrogen) atoms. The average Bonchev–Trinajstić information content (AvgIpc) is 2.88. The zero-order valence-corrected chi connectivity index (χ0v) is 11.6. The first-order valence-electron chi connectivity index (χ1n) is 6.02. The van der Waals surface area contributed by atoms with E-state index in [2.05, 4.69) is 20.8 Å². The van der Waals surface area contributed by atoms with Crippen molar-refractivity contribution in [1.82, 2.24) is 15.4 Å². The molecule has 0 atom stereocenters. The van der Waals surface area contributed by atoms with Gasteiger partial charge in [-0.15, -0.1) is 12.4 Å². The van der Waals surface area contributed by atoms with Gasteiger partial charge >= 0.3 is 0 Å². The predicted molar refractivity (Wildman–Crippen MR) is 82.5 cm³/mol. The van der Waals surface area contributed by atoms with Gasteiger partial charge in [0, 0.05) is 5.56 Å². The molecule has 2 aromatic carbocycles. The summed E-state index contributed by atoms with van der Waals surface area (Å²) in [7, 11) is 0. The monoisotopic (exact) mass is 304 g/mol. The lowest BCUT2D eigenvalue weighted by Gasteiger charge is -2.05. The number of imidazole rings is 1. The van der Waals surface area contributed by atoms with E-state index in [4.69, 9.17) is 5.11 Å². The highest BCUT2D eigenvalue weighted by Gasteiger charge is 2.06. The summed E-state index contributed by atoms with van der Waals surface area (Å²) in [5.74, 6) is 0.260. The Morgan fingerprint density at radius 2 is 1.81 bits per heavy atom. The first-order chi connectivity index (χ1) is 9.72. The molecule has 0 spiro atoms. The van der Waals surface area contributed by atoms with Crippen LogP contribution in [0.2, 0.25) is 0 Å². The molecule has 108 valence electrons. The number of carbonyl (C=O) groups excluding carboxylic acids is 1. The maximum absolute atomic E-state index is 11.8. The summed E-state index contributed by atoms with van der Waals surface area (Å²) in [6.07, 6.45) is 0. The van der Waals surface area contributed by atoms with Crippen molar-refractivity contribution in [3.63, 3.8) is 0 Å². The molecule has 0 saturated heterocycles. The Balaban J connectivity index is 0.00000161. The number of nitrogens with zero attached hydrogens (tertiary/aromatic N) is 1. The number of aromatic hydroxyl groups is 1. The predicted octanol–water partition coefficient (Wildman–Crippen LogP) is 2.45. The smallest absolute Gasteiger partial charge is 0.269 e. The Hall–Kier alpha value is -2.73. The minimum Gasteiger partial charge on any atom is -0.508 e. The van der Waals surface area contributed by atoms with Crippen LogP contribution in [0, 0.1) is 0 Å². The largest absolute Gasteiger partial charge is 0.508 e. The molecule has 0 bridgehead atoms. The Morgan fingerprint density at radius 3 is 2.52 bits per heavy atom. The molecular formula is C14H13ClN4O2. The van der Waals surface area contributed by atoms with Crippen LogP contribution < -0.4 is 10.9 Å². The maximum atomic E-state index is 11.8. The van der Waals surface area contributed by atoms with Crippen LogP contribution in [0.25, 0.3) is 11.0 Å². The summed E-state index contributed by atoms with van der Waals surface area (Å²) in [6.45, 7) is 0. The molecular weight excluding hydrogens is 292 g/mol. The van der Waals surface area contributed by atoms with E-state index < -0.39 is 0 Å². The van der Waals surface area contributed by atoms with Crippen molar-refractivity contribution in [2.75, 3.05) is 5.43 Å². The van der Waals surface area contributed by atoms with Crippen LogP contribution >= 0.6 is 12.4 Å². The van der Waals surface area contributed by atoms with Crippen molar-refractivity contribution in [2.24, 2.45) is 0 Å². The molecule has 0 unspecified atom stereocenters. The molecule has 6 nitrogen and oxygen atoms in total. The number of rotatable bonds is 3. The van der Waals surface area contributed by atoms with E-state index in [0.29, 0.717) is 11.5 Å². The number of hydrazine groups is 1. The van der Waals surface area contributed by atoms with Gasteiger partial charge in [0.1, 0.15) is 5.75 Å². The van der Waals surface area contributed by atoms with Crippen LogP contribution in [-0.4, -0.2) is 21.0 Å². The van der Waals surface area contributed by atoms with Crippen LogP contribution in [0.15, 0.2) is 48.5 Å². The van der Waals surface area contributed by atoms with E-state index in [1.807, 2.05) is 24.3 Å². The fourth-order valence-corrected chi connectivity index (χ4v) is 1.81. The molecule has 0 aliphatic heterocycles. The molecule has 0 radical (unpaired) electrons. The zero-order chi connectivity index (χ0) is 13.9. The summed E-state index contributed by atoms with van der Waals surface area (Å²) < 4.78 is 0. The second-order valence-electron chi connectivity index (χ2n) is 4.23. The standard InChI is InChI=1S/C14H12N4O2.ClH/c19-10-7-5-9(6-8-10)13(20)17-18-14-15-11-3-1-2-4-12(11)16-14;/h1-8,19H,(H,17,20)(H2,15,16,18);1H. The number of halogens is 1. The minimum absolute atomic E-state index is 0. The third-order valence-electron chi connectivity index (χ3n) is 2.81. The Kier molecular flexibility index (Phi) is 4.30. The number of anilines is 1. The Bertz CT molecular complexity index is 722. The number of phenols is 1. The van der Waals surface area contributed by atoms with Crippen molar-refractivity contribution < 1.29 is 9.90 Å². The van der Waals surface area contributed by atoms with E-state index in [1.54, 1.807) is 0 Å². The Labute approximate surface area is 126 Å². The number of aromatic amines is 1. The minimum atomic E-state index is -0.314. The summed E-state index contributed by atoms with van der Waals surface area (Å²) in [4.78, 5) is 19.2. The Morgan fingerprint density at radius 1 is 1.10 bits per heavy atom. The summed E-state index contributed by atoms with van der Waals surface area (Å²) >= 11 is 0. The molecule has 4 N–H and O–H groups in total. The third kappa shape index (κ3) is 3.24. The van der Waals surface area contributed by atoms with E-state index in [1.165, 1.54) is 24.3 Å². The van der Waals surface area contributed by atoms with Gasteiger partial charge < -0.3 is 10.1 Å². The van der Waals surface area contributed by atoms with Gasteiger partial charge in [0.25, 0.3) is 5.91 Å². The lowest BCUT2D eigenvalue weighted by atomic mass is 10.2. The fourth-order valence-electron chi connectivity index (χ4n) is 1.81. The van der Waals surface area contributed by atoms with Crippen LogP contribution in [0.5, 0.6) is 5.75 Å². The number of hydrogen-bond donors (Lipinski definition) is 4. The number of amides is 1. The van der Waals surface area contributed by atoms with E-state index >= 15 is 0 Å². The number of H-pyrrole nitrogens is 1. The highest BCUT2D eigenvalue weighted by atomic mass is 35.5. The lowest BCUT2D eigenvalue weighted by Crippen LogP contribution is -2.29. The number of phenolic OH excluding ortho intramolecular Hbond substituents is 1. The zero-order valence-electron chi connectivity index (χ0n) is 10.8. The first kappa shape index (κ1) is 14.7. The average molecular weight is 305 g/mol. The molecule has 7 heteroatoms. The SMILES string of the molecule is Cl.O=C(NNc1nc2ccccc2[nH]1)c1ccc(O)cc1. The van der Waals surface area contributed by atoms with E-state index in [9.17, 15) is 4.79 Å². The van der Waals surface area contributed by atoms with Gasteiger partial charge in [0.15, 0.2) is 0 Å². The van der Waals surface area contributed by atoms with Crippen LogP contribution in [0.3, 0.4) is 0 Å². The van der Waals surface area contributed by atoms with Gasteiger partial charge in [-0.25, -0.2) is 4.98 Å². The number of fused-ring (bicyclic) bond motifs is 1. The normalized spacial score (nSPS) is 9.90. The number of aromatic nitrogens is 2. The van der Waals surface area contributed by atoms with Gasteiger partial charge in [0.2, 0.25) is 5.95 Å². The van der Waals surface area contributed by atoms with E-state index in [-0.39, 0.29) is 24.1 Å². The van der Waals surface area contributed by atoms with Crippen molar-refractivity contribution in [2.45, 2.75) is 0 Å². The van der Waals surface area contributed by atoms with Gasteiger partial charge in [-0.1, -0.05) is 12.1 Å². The fraction of sp³-hybridized carbons (Fsp3) is 0. The number of carbonyl (C=O) groups is 1. The van der Waals surface area contributed by atoms with Crippen molar-refractivity contribution >= 4 is 35.3 Å². The van der Waals surface area contributed by atoms with Gasteiger partial charge in [-0.3, -0.25) is 15.6 Å². The van der Waals surface area contributed by atoms with Crippen LogP contribution in [0.4, 0.5) is 5.95 Å². The van der Waals surface area contributed by atoms with E-state index in [0.717, 1.165) is 11.0 Å². The quantitative estimate of drug-likeness (QED) is 0.559. The molecule has 1 amide bonds. The molecule has 3 aromatic rings. The maximum Gasteiger partial charge on any atom is 0.269 e. The second kappa shape index (κ2) is 6.15. The molecule has 0 fully saturated rings. The molecule has 0 saturated carbocycles. The van der Waals surface area contributed by atoms with Gasteiger partial charge in [-0.2, -0.15) is 0 Å². The van der Waals surface area contributed by atoms with Crippen molar-refractivity contribution in [1.29, 1.82) is 0 Å². The van der Waals surface area contributed by atoms with Crippen molar-refractivity contribution in [3.05, 3.63) is 54.1 Å². The topological polar surface area (TPSA) is 90.0 Å². The summed E-state index contributed by atoms with van der Waals surface area (Å²) in [5.41, 5.74) is 7.38. The highest BCUT2D eigenvalue weighted by Crippen LogP contribution is 2.13. The van der Waals surface area contributed by atoms with Gasteiger partial charge in [0.05, 0.1) is 11.0 Å². The molecule has 0 aliphatic rings. The first-order valence-corrected chi connectivity index (χ1v) is 6.02. The number of para-hydroxylation sites is 2. The van der Waals surface area contributed by atoms with Crippen LogP contribution in [-0.2, 0) is 0 Å². The molecule has 1 aromatic heterocycles. The molecule has 3 rings (SSSR count). The number of nitrogens with one attached hydrogen (secondary N) is 3. The molecule has 0 aliphatic carbocycles. The third-order valence-corrected chi connectivity index (χ3v) is 2.81. The number of benzene rings is 2. The van der Waals surface area contributed by atoms with Crippen LogP contribution in [0.1, 0.15) is 10.4 Å². The summed E-state index contributed by atoms with van der Waals surface area (Å²) in [5, 5.41) is 9.16. The molecule has 1 heterocycles. The summed E-state index contributed by atoms with van der Waals surface area (Å²) in [6, 6.07) is 13.5. The number of hydrogen-bond acceptors (Lipinski definition) is 4. The van der Waals surface area contributed by atoms with Crippen molar-refractivity contribution in [3.8, 4) is 5.75 Å². The lowest BCUT2D eigenvalue weighted by molar-refractivity contribution is 0.0962. The highest BCUT2D eigenvalue weighted by molar-refractivity contribution is 5.95. The second-order valence-corrected chi connectivity index (χ2v) is 4.23.